The highest BCUT2D eigenvalue weighted by molar-refractivity contribution is 6.15. The largest absolute Gasteiger partial charge is 0.355 e. The predicted molar refractivity (Wildman–Crippen MR) is 205 cm³/mol. The first-order valence-electron chi connectivity index (χ1n) is 17.0. The van der Waals surface area contributed by atoms with Gasteiger partial charge < -0.3 is 9.88 Å². The Bertz CT molecular complexity index is 2650. The quantitative estimate of drug-likeness (QED) is 0.202. The molecule has 8 aromatic carbocycles. The molecule has 0 radical (unpaired) electrons. The average Bonchev–Trinajstić information content (AvgIpc) is 3.67. The van der Waals surface area contributed by atoms with Gasteiger partial charge in [-0.3, -0.25) is 0 Å². The molecule has 2 nitrogen and oxygen atoms in total. The van der Waals surface area contributed by atoms with Gasteiger partial charge in [-0.25, -0.2) is 0 Å². The number of fused-ring (bicyclic) bond motifs is 7. The highest BCUT2D eigenvalue weighted by Gasteiger charge is 2.47. The lowest BCUT2D eigenvalue weighted by Gasteiger charge is -2.35. The molecule has 1 aromatic heterocycles. The first-order chi connectivity index (χ1) is 24.3. The third-order valence-corrected chi connectivity index (χ3v) is 10.4. The van der Waals surface area contributed by atoms with E-state index in [1.807, 2.05) is 0 Å². The minimum atomic E-state index is -0.495. The van der Waals surface area contributed by atoms with Gasteiger partial charge in [-0.15, -0.1) is 0 Å². The number of nitrogens with zero attached hydrogens (tertiary/aromatic N) is 1. The highest BCUT2D eigenvalue weighted by atomic mass is 15.0. The molecule has 0 aliphatic heterocycles. The Labute approximate surface area is 285 Å². The Morgan fingerprint density at radius 2 is 1.00 bits per heavy atom. The average molecular weight is 625 g/mol. The van der Waals surface area contributed by atoms with Crippen LogP contribution in [-0.4, -0.2) is 4.57 Å². The second-order valence-corrected chi connectivity index (χ2v) is 13.0. The van der Waals surface area contributed by atoms with Crippen LogP contribution in [0.5, 0.6) is 0 Å². The van der Waals surface area contributed by atoms with Crippen LogP contribution < -0.4 is 5.32 Å². The molecule has 1 aliphatic rings. The Morgan fingerprint density at radius 3 is 1.80 bits per heavy atom. The molecule has 0 amide bonds. The van der Waals surface area contributed by atoms with Gasteiger partial charge in [0.2, 0.25) is 0 Å². The van der Waals surface area contributed by atoms with Crippen molar-refractivity contribution in [2.75, 3.05) is 5.32 Å². The summed E-state index contributed by atoms with van der Waals surface area (Å²) in [6.45, 7) is 0. The monoisotopic (exact) mass is 624 g/mol. The summed E-state index contributed by atoms with van der Waals surface area (Å²) >= 11 is 0. The zero-order valence-electron chi connectivity index (χ0n) is 26.8. The molecule has 49 heavy (non-hydrogen) atoms. The lowest BCUT2D eigenvalue weighted by atomic mass is 9.67. The number of hydrogen-bond donors (Lipinski definition) is 1. The number of aromatic nitrogens is 1. The molecule has 1 N–H and O–H groups in total. The number of hydrogen-bond acceptors (Lipinski definition) is 1. The van der Waals surface area contributed by atoms with Gasteiger partial charge in [0, 0.05) is 27.8 Å². The van der Waals surface area contributed by atoms with Crippen molar-refractivity contribution in [1.82, 2.24) is 4.57 Å². The molecule has 10 rings (SSSR count). The first kappa shape index (κ1) is 27.7. The van der Waals surface area contributed by atoms with Crippen molar-refractivity contribution in [2.45, 2.75) is 5.41 Å². The zero-order valence-corrected chi connectivity index (χ0v) is 26.8. The molecule has 9 aromatic rings. The van der Waals surface area contributed by atoms with Crippen molar-refractivity contribution in [3.05, 3.63) is 210 Å². The van der Waals surface area contributed by atoms with Crippen LogP contribution >= 0.6 is 0 Å². The fourth-order valence-electron chi connectivity index (χ4n) is 8.46. The normalized spacial score (nSPS) is 13.1. The van der Waals surface area contributed by atoms with Crippen LogP contribution in [0.4, 0.5) is 11.4 Å². The fraction of sp³-hybridized carbons (Fsp3) is 0.0213. The van der Waals surface area contributed by atoms with E-state index in [9.17, 15) is 0 Å². The van der Waals surface area contributed by atoms with Gasteiger partial charge in [-0.05, 0) is 80.6 Å². The molecule has 0 saturated heterocycles. The summed E-state index contributed by atoms with van der Waals surface area (Å²) in [5, 5.41) is 8.93. The van der Waals surface area contributed by atoms with Crippen LogP contribution in [0.3, 0.4) is 0 Å². The molecule has 2 heteroatoms. The molecular formula is C47H32N2. The van der Waals surface area contributed by atoms with Gasteiger partial charge in [-0.1, -0.05) is 152 Å². The molecule has 0 bridgehead atoms. The molecule has 230 valence electrons. The standard InChI is InChI=1S/C47H32N2/c1-2-17-34(18-3-1)47(39-22-9-6-19-36(39)37-20-7-10-23-40(37)47)41-24-11-12-25-42(41)48-43-26-14-28-45-46(43)38-21-8-13-27-44(38)49(45)35-30-29-32-15-4-5-16-33(32)31-35/h1-31,48H. The molecule has 1 aliphatic carbocycles. The summed E-state index contributed by atoms with van der Waals surface area (Å²) in [7, 11) is 0. The molecule has 0 fully saturated rings. The maximum absolute atomic E-state index is 4.02. The third-order valence-electron chi connectivity index (χ3n) is 10.4. The summed E-state index contributed by atoms with van der Waals surface area (Å²) < 4.78 is 2.41. The number of rotatable bonds is 5. The van der Waals surface area contributed by atoms with Gasteiger partial charge in [0.05, 0.1) is 16.4 Å². The first-order valence-corrected chi connectivity index (χ1v) is 17.0. The van der Waals surface area contributed by atoms with E-state index in [0.29, 0.717) is 0 Å². The minimum Gasteiger partial charge on any atom is -0.355 e. The molecule has 0 unspecified atom stereocenters. The number of nitrogens with one attached hydrogen (secondary N) is 1. The molecule has 1 heterocycles. The molecule has 0 saturated carbocycles. The van der Waals surface area contributed by atoms with Crippen LogP contribution in [0.15, 0.2) is 188 Å². The van der Waals surface area contributed by atoms with E-state index in [1.165, 1.54) is 66.0 Å². The summed E-state index contributed by atoms with van der Waals surface area (Å²) in [5.74, 6) is 0. The van der Waals surface area contributed by atoms with E-state index in [1.54, 1.807) is 0 Å². The number of para-hydroxylation sites is 2. The van der Waals surface area contributed by atoms with E-state index >= 15 is 0 Å². The number of anilines is 2. The van der Waals surface area contributed by atoms with Crippen molar-refractivity contribution < 1.29 is 0 Å². The Hall–Kier alpha value is -6.38. The lowest BCUT2D eigenvalue weighted by molar-refractivity contribution is 0.771. The molecule has 0 spiro atoms. The van der Waals surface area contributed by atoms with E-state index in [-0.39, 0.29) is 0 Å². The van der Waals surface area contributed by atoms with Crippen LogP contribution in [-0.2, 0) is 5.41 Å². The van der Waals surface area contributed by atoms with Gasteiger partial charge in [0.25, 0.3) is 0 Å². The van der Waals surface area contributed by atoms with E-state index in [0.717, 1.165) is 17.1 Å². The third kappa shape index (κ3) is 4.01. The van der Waals surface area contributed by atoms with Crippen molar-refractivity contribution in [3.63, 3.8) is 0 Å². The van der Waals surface area contributed by atoms with Gasteiger partial charge in [0.15, 0.2) is 0 Å². The zero-order chi connectivity index (χ0) is 32.4. The summed E-state index contributed by atoms with van der Waals surface area (Å²) in [6.07, 6.45) is 0. The topological polar surface area (TPSA) is 17.0 Å². The summed E-state index contributed by atoms with van der Waals surface area (Å²) in [5.41, 5.74) is 12.9. The van der Waals surface area contributed by atoms with Crippen LogP contribution in [0, 0.1) is 0 Å². The van der Waals surface area contributed by atoms with Gasteiger partial charge >= 0.3 is 0 Å². The second-order valence-electron chi connectivity index (χ2n) is 13.0. The van der Waals surface area contributed by atoms with Crippen LogP contribution in [0.2, 0.25) is 0 Å². The van der Waals surface area contributed by atoms with E-state index < -0.39 is 5.41 Å². The van der Waals surface area contributed by atoms with Gasteiger partial charge in [-0.2, -0.15) is 0 Å². The molecular weight excluding hydrogens is 593 g/mol. The smallest absolute Gasteiger partial charge is 0.0733 e. The maximum Gasteiger partial charge on any atom is 0.0733 e. The fourth-order valence-corrected chi connectivity index (χ4v) is 8.46. The number of benzene rings is 8. The van der Waals surface area contributed by atoms with Crippen molar-refractivity contribution in [3.8, 4) is 16.8 Å². The van der Waals surface area contributed by atoms with Crippen LogP contribution in [0.1, 0.15) is 22.3 Å². The minimum absolute atomic E-state index is 0.495. The van der Waals surface area contributed by atoms with Gasteiger partial charge in [0.1, 0.15) is 0 Å². The predicted octanol–water partition coefficient (Wildman–Crippen LogP) is 12.0. The van der Waals surface area contributed by atoms with E-state index in [4.69, 9.17) is 0 Å². The highest BCUT2D eigenvalue weighted by Crippen LogP contribution is 2.57. The van der Waals surface area contributed by atoms with Crippen molar-refractivity contribution in [2.24, 2.45) is 0 Å². The van der Waals surface area contributed by atoms with Crippen molar-refractivity contribution in [1.29, 1.82) is 0 Å². The Balaban J connectivity index is 1.22. The molecule has 0 atom stereocenters. The Kier molecular flexibility index (Phi) is 6.13. The van der Waals surface area contributed by atoms with Crippen LogP contribution in [0.25, 0.3) is 49.4 Å². The summed E-state index contributed by atoms with van der Waals surface area (Å²) in [4.78, 5) is 0. The van der Waals surface area contributed by atoms with E-state index in [2.05, 4.69) is 198 Å². The summed E-state index contributed by atoms with van der Waals surface area (Å²) in [6, 6.07) is 68.5. The SMILES string of the molecule is c1ccc(C2(c3ccccc3Nc3cccc4c3c3ccccc3n4-c3ccc4ccccc4c3)c3ccccc3-c3ccccc32)cc1. The lowest BCUT2D eigenvalue weighted by Crippen LogP contribution is -2.29. The Morgan fingerprint density at radius 1 is 0.408 bits per heavy atom. The second kappa shape index (κ2) is 10.8. The van der Waals surface area contributed by atoms with Crippen molar-refractivity contribution >= 4 is 44.0 Å². The maximum atomic E-state index is 4.02.